The lowest BCUT2D eigenvalue weighted by molar-refractivity contribution is 0.414. The van der Waals surface area contributed by atoms with E-state index in [1.165, 1.54) is 21.9 Å². The van der Waals surface area contributed by atoms with Gasteiger partial charge in [-0.15, -0.1) is 0 Å². The third-order valence-corrected chi connectivity index (χ3v) is 10.9. The Morgan fingerprint density at radius 1 is 0.462 bits per heavy atom. The minimum Gasteiger partial charge on any atom is -0.478 e. The molecule has 5 heteroatoms. The maximum absolute atomic E-state index is 7.14. The van der Waals surface area contributed by atoms with Crippen molar-refractivity contribution in [1.82, 2.24) is 0 Å². The highest BCUT2D eigenvalue weighted by molar-refractivity contribution is 6.82. The second-order valence-electron chi connectivity index (χ2n) is 10.4. The third kappa shape index (κ3) is 3.30. The normalized spacial score (nSPS) is 14.9. The van der Waals surface area contributed by atoms with Gasteiger partial charge in [-0.05, 0) is 83.9 Å². The molecule has 0 bridgehead atoms. The molecule has 0 N–H and O–H groups in total. The summed E-state index contributed by atoms with van der Waals surface area (Å²) < 4.78 is 18.9. The van der Waals surface area contributed by atoms with Gasteiger partial charge in [0.05, 0.1) is 11.4 Å². The smallest absolute Gasteiger partial charge is 0.478 e. The van der Waals surface area contributed by atoms with Crippen molar-refractivity contribution in [3.8, 4) is 11.5 Å². The van der Waals surface area contributed by atoms with Crippen LogP contribution < -0.4 is 18.0 Å². The Labute approximate surface area is 228 Å². The summed E-state index contributed by atoms with van der Waals surface area (Å²) in [5.74, 6) is 1.69. The molecule has 0 aromatic heterocycles. The number of rotatable bonds is 2. The van der Waals surface area contributed by atoms with Crippen molar-refractivity contribution in [2.45, 2.75) is 13.8 Å². The summed E-state index contributed by atoms with van der Waals surface area (Å²) in [4.78, 5) is 0. The highest BCUT2D eigenvalue weighted by Crippen LogP contribution is 2.56. The lowest BCUT2D eigenvalue weighted by Crippen LogP contribution is -2.67. The first-order chi connectivity index (χ1) is 19.1. The first-order valence-electron chi connectivity index (χ1n) is 13.3. The van der Waals surface area contributed by atoms with Crippen LogP contribution in [0, 0.1) is 13.8 Å². The standard InChI is InChI=1S/C34H26N2O2Si/c1-23-11-15-29(16-12-23)35-31-19-25-7-3-5-9-27(25)21-33(31)37-39(35)36(30-17-13-24(2)14-18-30)32-20-26-8-4-6-10-28(26)22-34(32)38-39/h3-22H,1-2H3. The van der Waals surface area contributed by atoms with E-state index in [2.05, 4.69) is 144 Å². The predicted octanol–water partition coefficient (Wildman–Crippen LogP) is 8.81. The number of hydrogen-bond acceptors (Lipinski definition) is 4. The van der Waals surface area contributed by atoms with Gasteiger partial charge in [0.1, 0.15) is 11.5 Å². The van der Waals surface area contributed by atoms with Gasteiger partial charge >= 0.3 is 8.88 Å². The van der Waals surface area contributed by atoms with Crippen LogP contribution >= 0.6 is 0 Å². The molecule has 2 aliphatic heterocycles. The summed E-state index contributed by atoms with van der Waals surface area (Å²) >= 11 is 0. The molecular weight excluding hydrogens is 496 g/mol. The molecule has 0 fully saturated rings. The lowest BCUT2D eigenvalue weighted by Gasteiger charge is -2.35. The van der Waals surface area contributed by atoms with Crippen LogP contribution in [0.2, 0.25) is 0 Å². The van der Waals surface area contributed by atoms with Crippen LogP contribution in [0.25, 0.3) is 21.5 Å². The fraction of sp³-hybridized carbons (Fsp3) is 0.0588. The Kier molecular flexibility index (Phi) is 4.64. The third-order valence-electron chi connectivity index (χ3n) is 7.77. The fourth-order valence-corrected chi connectivity index (χ4v) is 9.23. The Morgan fingerprint density at radius 2 is 0.821 bits per heavy atom. The molecular formula is C34H26N2O2Si. The zero-order valence-electron chi connectivity index (χ0n) is 21.8. The van der Waals surface area contributed by atoms with Crippen LogP contribution in [0.3, 0.4) is 0 Å². The van der Waals surface area contributed by atoms with E-state index < -0.39 is 8.88 Å². The van der Waals surface area contributed by atoms with E-state index >= 15 is 0 Å². The van der Waals surface area contributed by atoms with Crippen molar-refractivity contribution in [2.75, 3.05) is 9.13 Å². The molecule has 39 heavy (non-hydrogen) atoms. The summed E-state index contributed by atoms with van der Waals surface area (Å²) in [5.41, 5.74) is 6.58. The van der Waals surface area contributed by atoms with Gasteiger partial charge in [-0.3, -0.25) is 9.13 Å². The van der Waals surface area contributed by atoms with E-state index in [-0.39, 0.29) is 0 Å². The van der Waals surface area contributed by atoms with E-state index in [0.29, 0.717) is 0 Å². The lowest BCUT2D eigenvalue weighted by atomic mass is 10.1. The van der Waals surface area contributed by atoms with Crippen LogP contribution in [0.15, 0.2) is 121 Å². The fourth-order valence-electron chi connectivity index (χ4n) is 5.81. The summed E-state index contributed by atoms with van der Waals surface area (Å²) in [7, 11) is -3.39. The minimum atomic E-state index is -3.39. The predicted molar refractivity (Wildman–Crippen MR) is 162 cm³/mol. The van der Waals surface area contributed by atoms with E-state index in [1.807, 2.05) is 0 Å². The van der Waals surface area contributed by atoms with Gasteiger partial charge < -0.3 is 8.85 Å². The van der Waals surface area contributed by atoms with Crippen molar-refractivity contribution >= 4 is 53.2 Å². The first-order valence-corrected chi connectivity index (χ1v) is 15.0. The van der Waals surface area contributed by atoms with Crippen LogP contribution in [-0.2, 0) is 0 Å². The van der Waals surface area contributed by atoms with Crippen LogP contribution in [0.1, 0.15) is 11.1 Å². The molecule has 0 saturated heterocycles. The van der Waals surface area contributed by atoms with E-state index in [0.717, 1.165) is 45.0 Å². The quantitative estimate of drug-likeness (QED) is 0.212. The van der Waals surface area contributed by atoms with E-state index in [9.17, 15) is 0 Å². The van der Waals surface area contributed by atoms with Crippen molar-refractivity contribution in [3.63, 3.8) is 0 Å². The van der Waals surface area contributed by atoms with Gasteiger partial charge in [0.15, 0.2) is 0 Å². The Morgan fingerprint density at radius 3 is 1.21 bits per heavy atom. The first kappa shape index (κ1) is 22.3. The van der Waals surface area contributed by atoms with Gasteiger partial charge in [-0.2, -0.15) is 0 Å². The highest BCUT2D eigenvalue weighted by atomic mass is 28.4. The number of hydrogen-bond donors (Lipinski definition) is 0. The van der Waals surface area contributed by atoms with E-state index in [4.69, 9.17) is 8.85 Å². The SMILES string of the molecule is Cc1ccc(N2c3cc4ccccc4cc3O[Si]23Oc2cc4ccccc4cc2N3c2ccc(C)cc2)cc1. The van der Waals surface area contributed by atoms with Crippen molar-refractivity contribution in [2.24, 2.45) is 0 Å². The van der Waals surface area contributed by atoms with Gasteiger partial charge in [0.25, 0.3) is 0 Å². The Bertz CT molecular complexity index is 1760. The number of anilines is 4. The average molecular weight is 523 g/mol. The number of fused-ring (bicyclic) bond motifs is 4. The van der Waals surface area contributed by atoms with Gasteiger partial charge in [0, 0.05) is 11.4 Å². The molecule has 4 nitrogen and oxygen atoms in total. The largest absolute Gasteiger partial charge is 0.733 e. The highest BCUT2D eigenvalue weighted by Gasteiger charge is 2.68. The van der Waals surface area contributed by atoms with Gasteiger partial charge in [-0.1, -0.05) is 83.9 Å². The minimum absolute atomic E-state index is 0.843. The Hall–Kier alpha value is -4.74. The monoisotopic (exact) mass is 522 g/mol. The summed E-state index contributed by atoms with van der Waals surface area (Å²) in [6.07, 6.45) is 0. The Balaban J connectivity index is 1.42. The molecule has 0 radical (unpaired) electrons. The molecule has 188 valence electrons. The van der Waals surface area contributed by atoms with Gasteiger partial charge in [0.2, 0.25) is 0 Å². The van der Waals surface area contributed by atoms with Crippen LogP contribution in [0.4, 0.5) is 22.7 Å². The molecule has 0 saturated carbocycles. The van der Waals surface area contributed by atoms with Crippen molar-refractivity contribution < 1.29 is 8.85 Å². The second kappa shape index (κ2) is 8.13. The molecule has 0 aliphatic carbocycles. The maximum atomic E-state index is 7.14. The van der Waals surface area contributed by atoms with E-state index in [1.54, 1.807) is 0 Å². The zero-order chi connectivity index (χ0) is 26.1. The van der Waals surface area contributed by atoms with Crippen molar-refractivity contribution in [1.29, 1.82) is 0 Å². The summed E-state index contributed by atoms with van der Waals surface area (Å²) in [6.45, 7) is 4.23. The molecule has 6 aromatic rings. The molecule has 0 amide bonds. The molecule has 2 heterocycles. The summed E-state index contributed by atoms with van der Waals surface area (Å²) in [5, 5.41) is 4.64. The molecule has 6 aromatic carbocycles. The maximum Gasteiger partial charge on any atom is 0.733 e. The number of nitrogens with zero attached hydrogens (tertiary/aromatic N) is 2. The zero-order valence-corrected chi connectivity index (χ0v) is 22.8. The number of benzene rings is 6. The van der Waals surface area contributed by atoms with Crippen molar-refractivity contribution in [3.05, 3.63) is 132 Å². The average Bonchev–Trinajstić information content (AvgIpc) is 3.43. The number of aryl methyl sites for hydroxylation is 2. The van der Waals surface area contributed by atoms with Gasteiger partial charge in [-0.25, -0.2) is 0 Å². The van der Waals surface area contributed by atoms with Crippen LogP contribution in [0.5, 0.6) is 11.5 Å². The molecule has 2 aliphatic rings. The molecule has 1 spiro atoms. The topological polar surface area (TPSA) is 24.9 Å². The second-order valence-corrected chi connectivity index (χ2v) is 12.8. The summed E-state index contributed by atoms with van der Waals surface area (Å²) in [6, 6.07) is 43.0. The van der Waals surface area contributed by atoms with Crippen LogP contribution in [-0.4, -0.2) is 8.88 Å². The molecule has 0 atom stereocenters. The molecule has 8 rings (SSSR count). The molecule has 0 unspecified atom stereocenters.